The van der Waals surface area contributed by atoms with Crippen LogP contribution in [0, 0.1) is 22.7 Å². The van der Waals surface area contributed by atoms with Gasteiger partial charge in [-0.3, -0.25) is 18.8 Å². The number of fused-ring (bicyclic) bond motifs is 3. The molecular formula is C22H26N6O2S. The van der Waals surface area contributed by atoms with Crippen molar-refractivity contribution >= 4 is 33.3 Å². The molecule has 1 aliphatic rings. The molecule has 31 heavy (non-hydrogen) atoms. The van der Waals surface area contributed by atoms with Crippen molar-refractivity contribution in [3.63, 3.8) is 0 Å². The first-order chi connectivity index (χ1) is 14.6. The third-order valence-corrected chi connectivity index (χ3v) is 7.48. The lowest BCUT2D eigenvalue weighted by Crippen LogP contribution is -2.32. The molecule has 1 amide bonds. The fourth-order valence-electron chi connectivity index (χ4n) is 4.21. The molecule has 0 fully saturated rings. The van der Waals surface area contributed by atoms with Crippen molar-refractivity contribution in [2.45, 2.75) is 53.0 Å². The number of hydrogen-bond acceptors (Lipinski definition) is 6. The molecule has 0 saturated carbocycles. The van der Waals surface area contributed by atoms with Crippen LogP contribution in [0.4, 0.5) is 5.82 Å². The lowest BCUT2D eigenvalue weighted by atomic mass is 9.72. The number of hydrogen-bond donors (Lipinski definition) is 1. The van der Waals surface area contributed by atoms with E-state index in [9.17, 15) is 14.9 Å². The highest BCUT2D eigenvalue weighted by molar-refractivity contribution is 7.18. The highest BCUT2D eigenvalue weighted by Crippen LogP contribution is 2.42. The summed E-state index contributed by atoms with van der Waals surface area (Å²) in [7, 11) is 1.64. The SMILES string of the molecule is CC(C(=O)Nc1c(C#N)cnn1C)n1cnc2sc3c(c2c1=O)CCC(C(C)(C)C)C3. The molecule has 162 valence electrons. The van der Waals surface area contributed by atoms with Crippen LogP contribution >= 0.6 is 11.3 Å². The van der Waals surface area contributed by atoms with Crippen LogP contribution in [0.25, 0.3) is 10.2 Å². The van der Waals surface area contributed by atoms with E-state index >= 15 is 0 Å². The standard InChI is InChI=1S/C22H26N6O2S/c1-12(19(29)26-18-13(9-23)10-25-27(18)5)28-11-24-20-17(21(28)30)15-7-6-14(22(2,3)4)8-16(15)31-20/h10-12,14H,6-8H2,1-5H3,(H,26,29). The van der Waals surface area contributed by atoms with Crippen LogP contribution in [0.5, 0.6) is 0 Å². The van der Waals surface area contributed by atoms with E-state index in [4.69, 9.17) is 0 Å². The Balaban J connectivity index is 1.67. The molecule has 2 atom stereocenters. The number of carbonyl (C=O) groups excluding carboxylic acids is 1. The topological polar surface area (TPSA) is 106 Å². The molecule has 9 heteroatoms. The summed E-state index contributed by atoms with van der Waals surface area (Å²) in [5.41, 5.74) is 1.40. The minimum Gasteiger partial charge on any atom is -0.308 e. The normalized spacial score (nSPS) is 17.2. The van der Waals surface area contributed by atoms with Crippen molar-refractivity contribution in [3.8, 4) is 6.07 Å². The molecule has 8 nitrogen and oxygen atoms in total. The van der Waals surface area contributed by atoms with Gasteiger partial charge in [0.1, 0.15) is 28.3 Å². The number of anilines is 1. The smallest absolute Gasteiger partial charge is 0.263 e. The molecule has 0 aromatic carbocycles. The predicted molar refractivity (Wildman–Crippen MR) is 120 cm³/mol. The molecule has 3 aromatic rings. The van der Waals surface area contributed by atoms with E-state index in [1.165, 1.54) is 26.7 Å². The molecular weight excluding hydrogens is 412 g/mol. The van der Waals surface area contributed by atoms with Gasteiger partial charge in [-0.2, -0.15) is 10.4 Å². The van der Waals surface area contributed by atoms with E-state index in [2.05, 4.69) is 36.2 Å². The van der Waals surface area contributed by atoms with Gasteiger partial charge in [0.05, 0.1) is 17.9 Å². The summed E-state index contributed by atoms with van der Waals surface area (Å²) in [6.07, 6.45) is 5.71. The van der Waals surface area contributed by atoms with Crippen LogP contribution in [0.2, 0.25) is 0 Å². The Bertz CT molecular complexity index is 1270. The van der Waals surface area contributed by atoms with Gasteiger partial charge in [-0.05, 0) is 43.1 Å². The Morgan fingerprint density at radius 2 is 2.16 bits per heavy atom. The number of nitrogens with one attached hydrogen (secondary N) is 1. The minimum atomic E-state index is -0.785. The van der Waals surface area contributed by atoms with E-state index < -0.39 is 11.9 Å². The Morgan fingerprint density at radius 1 is 1.42 bits per heavy atom. The van der Waals surface area contributed by atoms with Gasteiger partial charge in [-0.25, -0.2) is 4.98 Å². The highest BCUT2D eigenvalue weighted by atomic mass is 32.1. The summed E-state index contributed by atoms with van der Waals surface area (Å²) < 4.78 is 2.80. The number of aryl methyl sites for hydroxylation is 2. The van der Waals surface area contributed by atoms with Gasteiger partial charge < -0.3 is 5.32 Å². The summed E-state index contributed by atoms with van der Waals surface area (Å²) in [5.74, 6) is 0.482. The summed E-state index contributed by atoms with van der Waals surface area (Å²) >= 11 is 1.60. The monoisotopic (exact) mass is 438 g/mol. The van der Waals surface area contributed by atoms with Gasteiger partial charge in [-0.15, -0.1) is 11.3 Å². The fraction of sp³-hybridized carbons (Fsp3) is 0.500. The van der Waals surface area contributed by atoms with Gasteiger partial charge in [-0.1, -0.05) is 20.8 Å². The van der Waals surface area contributed by atoms with Crippen LogP contribution < -0.4 is 10.9 Å². The van der Waals surface area contributed by atoms with Crippen LogP contribution in [0.15, 0.2) is 17.3 Å². The van der Waals surface area contributed by atoms with Crippen molar-refractivity contribution in [1.82, 2.24) is 19.3 Å². The number of nitrogens with zero attached hydrogens (tertiary/aromatic N) is 5. The van der Waals surface area contributed by atoms with Gasteiger partial charge in [0.2, 0.25) is 5.91 Å². The molecule has 0 bridgehead atoms. The lowest BCUT2D eigenvalue weighted by Gasteiger charge is -2.33. The maximum absolute atomic E-state index is 13.4. The first kappa shape index (κ1) is 21.2. The fourth-order valence-corrected chi connectivity index (χ4v) is 5.47. The van der Waals surface area contributed by atoms with Gasteiger partial charge in [0, 0.05) is 11.9 Å². The predicted octanol–water partition coefficient (Wildman–Crippen LogP) is 3.41. The second kappa shape index (κ2) is 7.61. The molecule has 0 saturated heterocycles. The van der Waals surface area contributed by atoms with Crippen LogP contribution in [-0.4, -0.2) is 25.2 Å². The maximum Gasteiger partial charge on any atom is 0.263 e. The average Bonchev–Trinajstić information content (AvgIpc) is 3.27. The van der Waals surface area contributed by atoms with Gasteiger partial charge in [0.25, 0.3) is 5.56 Å². The zero-order valence-electron chi connectivity index (χ0n) is 18.4. The second-order valence-corrected chi connectivity index (χ2v) is 10.3. The summed E-state index contributed by atoms with van der Waals surface area (Å²) in [5, 5.41) is 16.6. The maximum atomic E-state index is 13.4. The number of carbonyl (C=O) groups is 1. The molecule has 3 heterocycles. The Labute approximate surface area is 184 Å². The van der Waals surface area contributed by atoms with E-state index in [0.29, 0.717) is 17.1 Å². The minimum absolute atomic E-state index is 0.190. The molecule has 2 unspecified atom stereocenters. The van der Waals surface area contributed by atoms with Gasteiger partial charge in [0.15, 0.2) is 0 Å². The molecule has 0 aliphatic heterocycles. The Kier molecular flexibility index (Phi) is 5.21. The highest BCUT2D eigenvalue weighted by Gasteiger charge is 2.32. The number of rotatable bonds is 3. The Hall–Kier alpha value is -2.99. The molecule has 4 rings (SSSR count). The van der Waals surface area contributed by atoms with E-state index in [0.717, 1.165) is 29.7 Å². The largest absolute Gasteiger partial charge is 0.308 e. The van der Waals surface area contributed by atoms with Crippen molar-refractivity contribution in [2.75, 3.05) is 5.32 Å². The molecule has 1 aliphatic carbocycles. The number of nitriles is 1. The van der Waals surface area contributed by atoms with E-state index in [-0.39, 0.29) is 16.5 Å². The second-order valence-electron chi connectivity index (χ2n) is 9.25. The number of thiophene rings is 1. The van der Waals surface area contributed by atoms with Crippen molar-refractivity contribution in [2.24, 2.45) is 18.4 Å². The van der Waals surface area contributed by atoms with E-state index in [1.807, 2.05) is 6.07 Å². The van der Waals surface area contributed by atoms with Crippen LogP contribution in [0.3, 0.4) is 0 Å². The first-order valence-electron chi connectivity index (χ1n) is 10.4. The Morgan fingerprint density at radius 3 is 2.84 bits per heavy atom. The average molecular weight is 439 g/mol. The van der Waals surface area contributed by atoms with Crippen molar-refractivity contribution in [3.05, 3.63) is 38.9 Å². The first-order valence-corrected chi connectivity index (χ1v) is 11.2. The number of amides is 1. The summed E-state index contributed by atoms with van der Waals surface area (Å²) in [4.78, 5) is 32.7. The van der Waals surface area contributed by atoms with Gasteiger partial charge >= 0.3 is 0 Å². The summed E-state index contributed by atoms with van der Waals surface area (Å²) in [6.45, 7) is 8.45. The van der Waals surface area contributed by atoms with E-state index in [1.54, 1.807) is 25.3 Å². The molecule has 1 N–H and O–H groups in total. The quantitative estimate of drug-likeness (QED) is 0.674. The van der Waals surface area contributed by atoms with Crippen molar-refractivity contribution < 1.29 is 4.79 Å². The van der Waals surface area contributed by atoms with Crippen molar-refractivity contribution in [1.29, 1.82) is 5.26 Å². The van der Waals surface area contributed by atoms with Crippen LogP contribution in [0.1, 0.15) is 56.2 Å². The third kappa shape index (κ3) is 3.65. The third-order valence-electron chi connectivity index (χ3n) is 6.32. The number of aromatic nitrogens is 4. The zero-order valence-corrected chi connectivity index (χ0v) is 19.2. The molecule has 0 radical (unpaired) electrons. The molecule has 3 aromatic heterocycles. The summed E-state index contributed by atoms with van der Waals surface area (Å²) in [6, 6.07) is 1.22. The van der Waals surface area contributed by atoms with Crippen LogP contribution in [-0.2, 0) is 24.7 Å². The molecule has 0 spiro atoms. The zero-order chi connectivity index (χ0) is 22.5. The lowest BCUT2D eigenvalue weighted by molar-refractivity contribution is -0.118.